The summed E-state index contributed by atoms with van der Waals surface area (Å²) in [5.41, 5.74) is 0. The number of methoxy groups -OCH3 is 1. The molecule has 20 heavy (non-hydrogen) atoms. The third-order valence-corrected chi connectivity index (χ3v) is 3.08. The van der Waals surface area contributed by atoms with Crippen LogP contribution in [0.5, 0.6) is 0 Å². The largest absolute Gasteiger partial charge is 0.508 e. The van der Waals surface area contributed by atoms with Gasteiger partial charge in [0.05, 0.1) is 20.3 Å². The Hall–Kier alpha value is -0.810. The van der Waals surface area contributed by atoms with E-state index >= 15 is 0 Å². The highest BCUT2D eigenvalue weighted by molar-refractivity contribution is 5.59. The quantitative estimate of drug-likeness (QED) is 0.416. The van der Waals surface area contributed by atoms with Crippen molar-refractivity contribution in [3.05, 3.63) is 0 Å². The molecule has 0 radical (unpaired) electrons. The van der Waals surface area contributed by atoms with Crippen molar-refractivity contribution in [1.29, 1.82) is 0 Å². The monoisotopic (exact) mass is 290 g/mol. The van der Waals surface area contributed by atoms with Gasteiger partial charge in [-0.25, -0.2) is 4.79 Å². The summed E-state index contributed by atoms with van der Waals surface area (Å²) in [5, 5.41) is 9.00. The van der Waals surface area contributed by atoms with Crippen LogP contribution in [-0.4, -0.2) is 44.3 Å². The second-order valence-corrected chi connectivity index (χ2v) is 4.93. The first-order chi connectivity index (χ1) is 9.74. The zero-order valence-corrected chi connectivity index (χ0v) is 12.9. The van der Waals surface area contributed by atoms with Crippen LogP contribution in [0.25, 0.3) is 0 Å². The minimum atomic E-state index is -0.792. The molecule has 0 aliphatic carbocycles. The third-order valence-electron chi connectivity index (χ3n) is 3.08. The molecule has 0 spiro atoms. The lowest BCUT2D eigenvalue weighted by Crippen LogP contribution is -2.27. The minimum Gasteiger partial charge on any atom is -0.438 e. The molecular formula is C15H30O5. The molecule has 0 heterocycles. The Balaban J connectivity index is 3.31. The number of ether oxygens (including phenoxy) is 3. The van der Waals surface area contributed by atoms with Crippen LogP contribution in [-0.2, 0) is 14.2 Å². The highest BCUT2D eigenvalue weighted by Gasteiger charge is 2.13. The summed E-state index contributed by atoms with van der Waals surface area (Å²) in [4.78, 5) is 10.9. The molecule has 0 aromatic heterocycles. The fourth-order valence-corrected chi connectivity index (χ4v) is 1.86. The first-order valence-electron chi connectivity index (χ1n) is 7.67. The molecule has 0 aromatic carbocycles. The van der Waals surface area contributed by atoms with Gasteiger partial charge in [0.25, 0.3) is 0 Å². The van der Waals surface area contributed by atoms with Gasteiger partial charge >= 0.3 is 6.16 Å². The Labute approximate surface area is 122 Å². The number of unbranched alkanes of at least 4 members (excludes halogenated alkanes) is 7. The highest BCUT2D eigenvalue weighted by Crippen LogP contribution is 2.08. The van der Waals surface area contributed by atoms with Crippen molar-refractivity contribution in [2.75, 3.05) is 26.9 Å². The first-order valence-corrected chi connectivity index (χ1v) is 7.67. The molecule has 120 valence electrons. The van der Waals surface area contributed by atoms with Gasteiger partial charge in [0.15, 0.2) is 6.10 Å². The molecule has 0 amide bonds. The van der Waals surface area contributed by atoms with E-state index in [1.54, 1.807) is 0 Å². The molecule has 1 atom stereocenters. The van der Waals surface area contributed by atoms with Crippen molar-refractivity contribution in [2.45, 2.75) is 64.4 Å². The van der Waals surface area contributed by atoms with E-state index in [0.29, 0.717) is 6.61 Å². The maximum Gasteiger partial charge on any atom is 0.508 e. The fourth-order valence-electron chi connectivity index (χ4n) is 1.86. The van der Waals surface area contributed by atoms with Crippen molar-refractivity contribution >= 4 is 6.16 Å². The van der Waals surface area contributed by atoms with Gasteiger partial charge in [-0.1, -0.05) is 51.9 Å². The van der Waals surface area contributed by atoms with Crippen molar-refractivity contribution in [2.24, 2.45) is 0 Å². The van der Waals surface area contributed by atoms with Gasteiger partial charge in [-0.3, -0.25) is 0 Å². The van der Waals surface area contributed by atoms with Crippen LogP contribution in [0.15, 0.2) is 0 Å². The highest BCUT2D eigenvalue weighted by atomic mass is 16.7. The first kappa shape index (κ1) is 19.2. The van der Waals surface area contributed by atoms with Crippen molar-refractivity contribution in [3.63, 3.8) is 0 Å². The molecule has 0 aliphatic rings. The van der Waals surface area contributed by atoms with Gasteiger partial charge in [-0.2, -0.15) is 0 Å². The summed E-state index contributed by atoms with van der Waals surface area (Å²) >= 11 is 0. The molecule has 0 fully saturated rings. The number of hydrogen-bond donors (Lipinski definition) is 1. The maximum atomic E-state index is 10.9. The van der Waals surface area contributed by atoms with Crippen LogP contribution < -0.4 is 0 Å². The second kappa shape index (κ2) is 14.6. The smallest absolute Gasteiger partial charge is 0.438 e. The topological polar surface area (TPSA) is 65.0 Å². The van der Waals surface area contributed by atoms with Crippen LogP contribution in [0.4, 0.5) is 4.79 Å². The van der Waals surface area contributed by atoms with E-state index in [9.17, 15) is 4.79 Å². The van der Waals surface area contributed by atoms with Gasteiger partial charge in [0.1, 0.15) is 0 Å². The van der Waals surface area contributed by atoms with Gasteiger partial charge in [-0.05, 0) is 6.42 Å². The van der Waals surface area contributed by atoms with E-state index < -0.39 is 12.3 Å². The Morgan fingerprint density at radius 1 is 1.05 bits per heavy atom. The average molecular weight is 290 g/mol. The standard InChI is InChI=1S/C15H30O5/c1-3-4-5-6-7-8-9-10-11-19-13-14(12-16)20-15(17)18-2/h14,16H,3-13H2,1-2H3. The number of aliphatic hydroxyl groups excluding tert-OH is 1. The molecule has 0 aromatic rings. The van der Waals surface area contributed by atoms with Gasteiger partial charge in [0.2, 0.25) is 0 Å². The zero-order chi connectivity index (χ0) is 15.1. The zero-order valence-electron chi connectivity index (χ0n) is 12.9. The minimum absolute atomic E-state index is 0.210. The predicted octanol–water partition coefficient (Wildman–Crippen LogP) is 3.29. The summed E-state index contributed by atoms with van der Waals surface area (Å²) in [6.07, 6.45) is 8.57. The molecule has 0 bridgehead atoms. The summed E-state index contributed by atoms with van der Waals surface area (Å²) < 4.78 is 14.5. The molecule has 5 nitrogen and oxygen atoms in total. The van der Waals surface area contributed by atoms with E-state index in [1.807, 2.05) is 0 Å². The summed E-state index contributed by atoms with van der Waals surface area (Å²) in [5.74, 6) is 0. The average Bonchev–Trinajstić information content (AvgIpc) is 2.47. The number of carbonyl (C=O) groups is 1. The Morgan fingerprint density at radius 3 is 2.20 bits per heavy atom. The lowest BCUT2D eigenvalue weighted by molar-refractivity contribution is -0.0311. The van der Waals surface area contributed by atoms with Gasteiger partial charge in [0, 0.05) is 6.61 Å². The fraction of sp³-hybridized carbons (Fsp3) is 0.933. The lowest BCUT2D eigenvalue weighted by atomic mass is 10.1. The Kier molecular flexibility index (Phi) is 14.0. The van der Waals surface area contributed by atoms with Crippen LogP contribution in [0, 0.1) is 0 Å². The Bertz CT molecular complexity index is 220. The van der Waals surface area contributed by atoms with Crippen molar-refractivity contribution in [3.8, 4) is 0 Å². The van der Waals surface area contributed by atoms with Crippen LogP contribution in [0.3, 0.4) is 0 Å². The van der Waals surface area contributed by atoms with Crippen molar-refractivity contribution < 1.29 is 24.1 Å². The number of hydrogen-bond acceptors (Lipinski definition) is 5. The third kappa shape index (κ3) is 12.2. The summed E-state index contributed by atoms with van der Waals surface area (Å²) in [7, 11) is 1.23. The molecule has 0 rings (SSSR count). The van der Waals surface area contributed by atoms with E-state index in [4.69, 9.17) is 14.6 Å². The van der Waals surface area contributed by atoms with E-state index in [0.717, 1.165) is 12.8 Å². The molecular weight excluding hydrogens is 260 g/mol. The van der Waals surface area contributed by atoms with Gasteiger partial charge < -0.3 is 19.3 Å². The normalized spacial score (nSPS) is 12.2. The van der Waals surface area contributed by atoms with Gasteiger partial charge in [-0.15, -0.1) is 0 Å². The summed E-state index contributed by atoms with van der Waals surface area (Å²) in [6, 6.07) is 0. The predicted molar refractivity (Wildman–Crippen MR) is 77.8 cm³/mol. The molecule has 0 aliphatic heterocycles. The van der Waals surface area contributed by atoms with Crippen molar-refractivity contribution in [1.82, 2.24) is 0 Å². The molecule has 1 N–H and O–H groups in total. The number of aliphatic hydroxyl groups is 1. The van der Waals surface area contributed by atoms with E-state index in [1.165, 1.54) is 45.6 Å². The van der Waals surface area contributed by atoms with Crippen LogP contribution in [0.1, 0.15) is 58.3 Å². The molecule has 0 saturated carbocycles. The second-order valence-electron chi connectivity index (χ2n) is 4.93. The molecule has 1 unspecified atom stereocenters. The van der Waals surface area contributed by atoms with E-state index in [2.05, 4.69) is 11.7 Å². The Morgan fingerprint density at radius 2 is 1.65 bits per heavy atom. The molecule has 0 saturated heterocycles. The lowest BCUT2D eigenvalue weighted by Gasteiger charge is -2.14. The maximum absolute atomic E-state index is 10.9. The van der Waals surface area contributed by atoms with Crippen LogP contribution in [0.2, 0.25) is 0 Å². The summed E-state index contributed by atoms with van der Waals surface area (Å²) in [6.45, 7) is 2.81. The van der Waals surface area contributed by atoms with Crippen LogP contribution >= 0.6 is 0 Å². The molecule has 5 heteroatoms. The number of rotatable bonds is 13. The SMILES string of the molecule is CCCCCCCCCCOCC(CO)OC(=O)OC. The number of carbonyl (C=O) groups excluding carboxylic acids is 1. The van der Waals surface area contributed by atoms with E-state index in [-0.39, 0.29) is 13.2 Å².